The summed E-state index contributed by atoms with van der Waals surface area (Å²) in [4.78, 5) is 4.32. The monoisotopic (exact) mass is 268 g/mol. The molecule has 0 aromatic rings. The summed E-state index contributed by atoms with van der Waals surface area (Å²) in [5.74, 6) is 0.808. The highest BCUT2D eigenvalue weighted by molar-refractivity contribution is 5.79. The molecule has 19 heavy (non-hydrogen) atoms. The topological polar surface area (TPSA) is 38.4 Å². The third-order valence-corrected chi connectivity index (χ3v) is 3.69. The zero-order valence-electron chi connectivity index (χ0n) is 13.4. The van der Waals surface area contributed by atoms with Gasteiger partial charge < -0.3 is 5.73 Å². The molecule has 114 valence electrons. The molecular formula is C17H36N2. The molecule has 0 atom stereocenters. The minimum absolute atomic E-state index is 0.808. The van der Waals surface area contributed by atoms with E-state index in [-0.39, 0.29) is 0 Å². The highest BCUT2D eigenvalue weighted by atomic mass is 14.8. The van der Waals surface area contributed by atoms with Gasteiger partial charge in [0.15, 0.2) is 0 Å². The molecule has 2 nitrogen and oxygen atoms in total. The SMILES string of the molecule is CCCCCCCCCCCCCCN=C(N)CC. The molecule has 0 aromatic heterocycles. The van der Waals surface area contributed by atoms with Crippen LogP contribution in [0.4, 0.5) is 0 Å². The van der Waals surface area contributed by atoms with Gasteiger partial charge in [-0.1, -0.05) is 84.5 Å². The van der Waals surface area contributed by atoms with Crippen LogP contribution >= 0.6 is 0 Å². The zero-order valence-corrected chi connectivity index (χ0v) is 13.4. The summed E-state index contributed by atoms with van der Waals surface area (Å²) in [5, 5.41) is 0. The van der Waals surface area contributed by atoms with Gasteiger partial charge in [-0.25, -0.2) is 0 Å². The Kier molecular flexibility index (Phi) is 15.1. The zero-order chi connectivity index (χ0) is 14.2. The van der Waals surface area contributed by atoms with Crippen molar-refractivity contribution in [3.05, 3.63) is 0 Å². The molecule has 0 saturated heterocycles. The first-order valence-electron chi connectivity index (χ1n) is 8.60. The molecule has 0 fully saturated rings. The van der Waals surface area contributed by atoms with Crippen molar-refractivity contribution in [2.45, 2.75) is 97.3 Å². The van der Waals surface area contributed by atoms with Gasteiger partial charge in [-0.2, -0.15) is 0 Å². The van der Waals surface area contributed by atoms with Crippen molar-refractivity contribution in [1.29, 1.82) is 0 Å². The predicted octanol–water partition coefficient (Wildman–Crippen LogP) is 5.45. The van der Waals surface area contributed by atoms with Crippen LogP contribution in [0.25, 0.3) is 0 Å². The summed E-state index contributed by atoms with van der Waals surface area (Å²) in [7, 11) is 0. The van der Waals surface area contributed by atoms with Gasteiger partial charge in [-0.05, 0) is 6.42 Å². The molecule has 0 aliphatic carbocycles. The molecule has 0 unspecified atom stereocenters. The largest absolute Gasteiger partial charge is 0.387 e. The molecule has 0 heterocycles. The lowest BCUT2D eigenvalue weighted by Gasteiger charge is -2.02. The fraction of sp³-hybridized carbons (Fsp3) is 0.941. The number of aliphatic imine (C=N–C) groups is 1. The second-order valence-corrected chi connectivity index (χ2v) is 5.62. The second kappa shape index (κ2) is 15.5. The fourth-order valence-corrected chi connectivity index (χ4v) is 2.29. The molecule has 0 aliphatic rings. The van der Waals surface area contributed by atoms with Crippen LogP contribution in [0.3, 0.4) is 0 Å². The normalized spacial score (nSPS) is 12.0. The van der Waals surface area contributed by atoms with E-state index < -0.39 is 0 Å². The molecular weight excluding hydrogens is 232 g/mol. The Balaban J connectivity index is 3.03. The maximum absolute atomic E-state index is 5.66. The van der Waals surface area contributed by atoms with E-state index in [2.05, 4.69) is 18.8 Å². The van der Waals surface area contributed by atoms with E-state index in [9.17, 15) is 0 Å². The molecule has 0 aliphatic heterocycles. The van der Waals surface area contributed by atoms with Gasteiger partial charge >= 0.3 is 0 Å². The number of nitrogens with zero attached hydrogens (tertiary/aromatic N) is 1. The summed E-state index contributed by atoms with van der Waals surface area (Å²) < 4.78 is 0. The Morgan fingerprint density at radius 2 is 1.11 bits per heavy atom. The van der Waals surface area contributed by atoms with Crippen LogP contribution in [-0.4, -0.2) is 12.4 Å². The number of unbranched alkanes of at least 4 members (excludes halogenated alkanes) is 11. The van der Waals surface area contributed by atoms with Crippen molar-refractivity contribution in [1.82, 2.24) is 0 Å². The van der Waals surface area contributed by atoms with E-state index in [0.29, 0.717) is 0 Å². The third kappa shape index (κ3) is 15.4. The van der Waals surface area contributed by atoms with Gasteiger partial charge in [0.1, 0.15) is 0 Å². The molecule has 0 radical (unpaired) electrons. The smallest absolute Gasteiger partial charge is 0.0934 e. The van der Waals surface area contributed by atoms with E-state index >= 15 is 0 Å². The lowest BCUT2D eigenvalue weighted by molar-refractivity contribution is 0.545. The Bertz CT molecular complexity index is 199. The van der Waals surface area contributed by atoms with Crippen molar-refractivity contribution < 1.29 is 0 Å². The van der Waals surface area contributed by atoms with Gasteiger partial charge in [-0.15, -0.1) is 0 Å². The summed E-state index contributed by atoms with van der Waals surface area (Å²) in [6.45, 7) is 5.26. The first-order valence-corrected chi connectivity index (χ1v) is 8.60. The van der Waals surface area contributed by atoms with Crippen LogP contribution in [0.1, 0.15) is 97.3 Å². The quantitative estimate of drug-likeness (QED) is 0.254. The highest BCUT2D eigenvalue weighted by Gasteiger charge is 1.93. The van der Waals surface area contributed by atoms with Gasteiger partial charge in [0.2, 0.25) is 0 Å². The maximum Gasteiger partial charge on any atom is 0.0934 e. The second-order valence-electron chi connectivity index (χ2n) is 5.62. The first-order chi connectivity index (χ1) is 9.31. The van der Waals surface area contributed by atoms with Gasteiger partial charge in [0.05, 0.1) is 5.84 Å². The minimum atomic E-state index is 0.808. The number of hydrogen-bond donors (Lipinski definition) is 1. The summed E-state index contributed by atoms with van der Waals surface area (Å²) >= 11 is 0. The Morgan fingerprint density at radius 3 is 1.53 bits per heavy atom. The summed E-state index contributed by atoms with van der Waals surface area (Å²) in [6, 6.07) is 0. The van der Waals surface area contributed by atoms with Crippen molar-refractivity contribution in [3.63, 3.8) is 0 Å². The molecule has 2 N–H and O–H groups in total. The molecule has 0 spiro atoms. The van der Waals surface area contributed by atoms with Crippen LogP contribution in [0.15, 0.2) is 4.99 Å². The predicted molar refractivity (Wildman–Crippen MR) is 87.9 cm³/mol. The molecule has 2 heteroatoms. The van der Waals surface area contributed by atoms with Gasteiger partial charge in [0, 0.05) is 13.0 Å². The number of hydrogen-bond acceptors (Lipinski definition) is 1. The molecule has 0 bridgehead atoms. The Morgan fingerprint density at radius 1 is 0.684 bits per heavy atom. The van der Waals surface area contributed by atoms with Crippen molar-refractivity contribution >= 4 is 5.84 Å². The minimum Gasteiger partial charge on any atom is -0.387 e. The Hall–Kier alpha value is -0.530. The standard InChI is InChI=1S/C17H36N2/c1-3-5-6-7-8-9-10-11-12-13-14-15-16-19-17(18)4-2/h3-16H2,1-2H3,(H2,18,19). The first kappa shape index (κ1) is 18.5. The summed E-state index contributed by atoms with van der Waals surface area (Å²) in [6.07, 6.45) is 17.6. The lowest BCUT2D eigenvalue weighted by Crippen LogP contribution is -2.10. The van der Waals surface area contributed by atoms with Gasteiger partial charge in [-0.3, -0.25) is 4.99 Å². The van der Waals surface area contributed by atoms with Crippen molar-refractivity contribution in [3.8, 4) is 0 Å². The van der Waals surface area contributed by atoms with Crippen molar-refractivity contribution in [2.75, 3.05) is 6.54 Å². The van der Waals surface area contributed by atoms with Crippen LogP contribution in [0.5, 0.6) is 0 Å². The van der Waals surface area contributed by atoms with Crippen LogP contribution in [0.2, 0.25) is 0 Å². The van der Waals surface area contributed by atoms with Crippen LogP contribution in [0, 0.1) is 0 Å². The fourth-order valence-electron chi connectivity index (χ4n) is 2.29. The number of nitrogens with two attached hydrogens (primary N) is 1. The highest BCUT2D eigenvalue weighted by Crippen LogP contribution is 2.11. The molecule has 0 saturated carbocycles. The van der Waals surface area contributed by atoms with Crippen LogP contribution < -0.4 is 5.73 Å². The van der Waals surface area contributed by atoms with Crippen molar-refractivity contribution in [2.24, 2.45) is 10.7 Å². The third-order valence-electron chi connectivity index (χ3n) is 3.69. The molecule has 0 rings (SSSR count). The van der Waals surface area contributed by atoms with E-state index in [0.717, 1.165) is 18.8 Å². The summed E-state index contributed by atoms with van der Waals surface area (Å²) in [5.41, 5.74) is 5.66. The van der Waals surface area contributed by atoms with Gasteiger partial charge in [0.25, 0.3) is 0 Å². The average Bonchev–Trinajstić information content (AvgIpc) is 2.43. The Labute approximate surface area is 121 Å². The maximum atomic E-state index is 5.66. The van der Waals surface area contributed by atoms with E-state index in [1.54, 1.807) is 0 Å². The van der Waals surface area contributed by atoms with E-state index in [1.165, 1.54) is 77.0 Å². The number of rotatable bonds is 14. The van der Waals surface area contributed by atoms with E-state index in [4.69, 9.17) is 5.73 Å². The average molecular weight is 268 g/mol. The van der Waals surface area contributed by atoms with Crippen LogP contribution in [-0.2, 0) is 0 Å². The van der Waals surface area contributed by atoms with E-state index in [1.807, 2.05) is 0 Å². The number of amidine groups is 1. The molecule has 0 amide bonds. The molecule has 0 aromatic carbocycles. The lowest BCUT2D eigenvalue weighted by atomic mass is 10.1.